The van der Waals surface area contributed by atoms with E-state index in [2.05, 4.69) is 11.9 Å². The van der Waals surface area contributed by atoms with Crippen LogP contribution in [-0.4, -0.2) is 48.2 Å². The van der Waals surface area contributed by atoms with E-state index in [9.17, 15) is 9.59 Å². The van der Waals surface area contributed by atoms with E-state index < -0.39 is 12.2 Å². The van der Waals surface area contributed by atoms with Gasteiger partial charge < -0.3 is 9.47 Å². The summed E-state index contributed by atoms with van der Waals surface area (Å²) in [4.78, 5) is 28.0. The number of fused-ring (bicyclic) bond motifs is 5. The highest BCUT2D eigenvalue weighted by Gasteiger charge is 2.64. The van der Waals surface area contributed by atoms with E-state index in [4.69, 9.17) is 9.47 Å². The molecule has 2 heterocycles. The van der Waals surface area contributed by atoms with Crippen LogP contribution in [0.2, 0.25) is 0 Å². The van der Waals surface area contributed by atoms with Crippen LogP contribution in [0, 0.1) is 11.8 Å². The van der Waals surface area contributed by atoms with Gasteiger partial charge >= 0.3 is 11.9 Å². The molecule has 2 bridgehead atoms. The summed E-state index contributed by atoms with van der Waals surface area (Å²) in [6.45, 7) is 0. The molecule has 0 spiro atoms. The highest BCUT2D eigenvalue weighted by Crippen LogP contribution is 2.53. The molecule has 2 aliphatic heterocycles. The van der Waals surface area contributed by atoms with Crippen LogP contribution >= 0.6 is 0 Å². The van der Waals surface area contributed by atoms with Gasteiger partial charge in [-0.2, -0.15) is 0 Å². The van der Waals surface area contributed by atoms with Gasteiger partial charge in [-0.15, -0.1) is 0 Å². The molecular weight excluding hydrogens is 378 g/mol. The molecule has 156 valence electrons. The van der Waals surface area contributed by atoms with Gasteiger partial charge in [0.1, 0.15) is 0 Å². The molecule has 2 aromatic carbocycles. The van der Waals surface area contributed by atoms with Gasteiger partial charge in [-0.3, -0.25) is 4.90 Å². The second-order valence-corrected chi connectivity index (χ2v) is 8.73. The fourth-order valence-corrected chi connectivity index (χ4v) is 5.98. The summed E-state index contributed by atoms with van der Waals surface area (Å²) >= 11 is 0. The van der Waals surface area contributed by atoms with Crippen LogP contribution in [-0.2, 0) is 9.47 Å². The molecule has 2 aromatic rings. The molecule has 6 unspecified atom stereocenters. The highest BCUT2D eigenvalue weighted by atomic mass is 16.6. The van der Waals surface area contributed by atoms with E-state index >= 15 is 0 Å². The van der Waals surface area contributed by atoms with Crippen LogP contribution in [0.25, 0.3) is 0 Å². The van der Waals surface area contributed by atoms with Crippen molar-refractivity contribution in [3.63, 3.8) is 0 Å². The summed E-state index contributed by atoms with van der Waals surface area (Å²) < 4.78 is 12.1. The van der Waals surface area contributed by atoms with Crippen molar-refractivity contribution in [1.82, 2.24) is 4.90 Å². The molecule has 0 N–H and O–H groups in total. The van der Waals surface area contributed by atoms with E-state index in [-0.39, 0.29) is 24.0 Å². The Morgan fingerprint density at radius 2 is 1.13 bits per heavy atom. The summed E-state index contributed by atoms with van der Waals surface area (Å²) in [5, 5.41) is 0. The smallest absolute Gasteiger partial charge is 0.338 e. The lowest BCUT2D eigenvalue weighted by Gasteiger charge is -2.40. The average molecular weight is 405 g/mol. The van der Waals surface area contributed by atoms with Crippen LogP contribution in [0.5, 0.6) is 0 Å². The van der Waals surface area contributed by atoms with Crippen molar-refractivity contribution in [2.75, 3.05) is 7.05 Å². The number of hydrogen-bond donors (Lipinski definition) is 0. The molecule has 1 aliphatic carbocycles. The lowest BCUT2D eigenvalue weighted by Crippen LogP contribution is -2.51. The Hall–Kier alpha value is -2.66. The first kappa shape index (κ1) is 19.3. The molecule has 5 heteroatoms. The molecule has 30 heavy (non-hydrogen) atoms. The van der Waals surface area contributed by atoms with Crippen molar-refractivity contribution in [3.8, 4) is 0 Å². The lowest BCUT2D eigenvalue weighted by atomic mass is 9.69. The van der Waals surface area contributed by atoms with E-state index in [0.29, 0.717) is 23.0 Å². The first-order valence-corrected chi connectivity index (χ1v) is 10.9. The number of likely N-dealkylation sites (N-methyl/N-ethyl adjacent to an activating group) is 1. The number of carbonyl (C=O) groups is 2. The number of ether oxygens (including phenoxy) is 2. The molecule has 6 atom stereocenters. The fourth-order valence-electron chi connectivity index (χ4n) is 5.98. The number of rotatable bonds is 4. The number of esters is 2. The van der Waals surface area contributed by atoms with Gasteiger partial charge in [-0.1, -0.05) is 49.2 Å². The van der Waals surface area contributed by atoms with Gasteiger partial charge in [0.25, 0.3) is 0 Å². The third-order valence-corrected chi connectivity index (χ3v) is 7.19. The molecule has 3 fully saturated rings. The van der Waals surface area contributed by atoms with Crippen molar-refractivity contribution in [1.29, 1.82) is 0 Å². The quantitative estimate of drug-likeness (QED) is 0.721. The Kier molecular flexibility index (Phi) is 5.07. The Bertz CT molecular complexity index is 840. The molecule has 0 radical (unpaired) electrons. The minimum Gasteiger partial charge on any atom is -0.453 e. The summed E-state index contributed by atoms with van der Waals surface area (Å²) in [5.74, 6) is 0.285. The zero-order valence-corrected chi connectivity index (χ0v) is 17.1. The Balaban J connectivity index is 1.43. The molecule has 2 saturated heterocycles. The van der Waals surface area contributed by atoms with Crippen LogP contribution in [0.3, 0.4) is 0 Å². The molecular formula is C25H27NO4. The van der Waals surface area contributed by atoms with Gasteiger partial charge in [0.2, 0.25) is 0 Å². The Labute approximate surface area is 177 Å². The molecule has 5 rings (SSSR count). The van der Waals surface area contributed by atoms with E-state index in [1.165, 1.54) is 12.8 Å². The fraction of sp³-hybridized carbons (Fsp3) is 0.440. The SMILES string of the molecule is CN1C2C3CCCCC3C1C(OC(=O)c1ccccc1)C2OC(=O)c1ccccc1. The van der Waals surface area contributed by atoms with E-state index in [1.54, 1.807) is 24.3 Å². The summed E-state index contributed by atoms with van der Waals surface area (Å²) in [5.41, 5.74) is 1.05. The van der Waals surface area contributed by atoms with Gasteiger partial charge in [0.05, 0.1) is 23.2 Å². The van der Waals surface area contributed by atoms with Crippen molar-refractivity contribution < 1.29 is 19.1 Å². The van der Waals surface area contributed by atoms with Gasteiger partial charge in [0, 0.05) is 0 Å². The minimum absolute atomic E-state index is 0.0986. The summed E-state index contributed by atoms with van der Waals surface area (Å²) in [6, 6.07) is 18.3. The van der Waals surface area contributed by atoms with Crippen LogP contribution in [0.15, 0.2) is 60.7 Å². The van der Waals surface area contributed by atoms with Crippen molar-refractivity contribution in [2.24, 2.45) is 11.8 Å². The maximum atomic E-state index is 12.9. The lowest BCUT2D eigenvalue weighted by molar-refractivity contribution is -0.0620. The normalized spacial score (nSPS) is 32.4. The van der Waals surface area contributed by atoms with Crippen molar-refractivity contribution in [2.45, 2.75) is 50.0 Å². The zero-order valence-electron chi connectivity index (χ0n) is 17.1. The number of hydrogen-bond acceptors (Lipinski definition) is 5. The maximum Gasteiger partial charge on any atom is 0.338 e. The monoisotopic (exact) mass is 405 g/mol. The Morgan fingerprint density at radius 1 is 0.733 bits per heavy atom. The first-order valence-electron chi connectivity index (χ1n) is 10.9. The standard InChI is InChI=1S/C25H27NO4/c1-26-20-18-14-8-9-15-19(18)21(26)23(30-25(28)17-12-6-3-7-13-17)22(20)29-24(27)16-10-4-2-5-11-16/h2-7,10-13,18-23H,8-9,14-15H2,1H3. The topological polar surface area (TPSA) is 55.8 Å². The predicted molar refractivity (Wildman–Crippen MR) is 112 cm³/mol. The third kappa shape index (κ3) is 3.21. The van der Waals surface area contributed by atoms with Gasteiger partial charge in [0.15, 0.2) is 12.2 Å². The first-order chi connectivity index (χ1) is 14.6. The van der Waals surface area contributed by atoms with E-state index in [1.807, 2.05) is 36.4 Å². The largest absolute Gasteiger partial charge is 0.453 e. The van der Waals surface area contributed by atoms with Crippen LogP contribution in [0.4, 0.5) is 0 Å². The number of benzene rings is 2. The van der Waals surface area contributed by atoms with Crippen molar-refractivity contribution in [3.05, 3.63) is 71.8 Å². The van der Waals surface area contributed by atoms with Crippen molar-refractivity contribution >= 4 is 11.9 Å². The highest BCUT2D eigenvalue weighted by molar-refractivity contribution is 5.90. The average Bonchev–Trinajstić information content (AvgIpc) is 3.22. The molecule has 5 nitrogen and oxygen atoms in total. The second-order valence-electron chi connectivity index (χ2n) is 8.73. The number of carbonyl (C=O) groups excluding carboxylic acids is 2. The summed E-state index contributed by atoms with van der Waals surface area (Å²) in [6.07, 6.45) is 3.83. The third-order valence-electron chi connectivity index (χ3n) is 7.19. The zero-order chi connectivity index (χ0) is 20.7. The Morgan fingerprint density at radius 3 is 1.53 bits per heavy atom. The van der Waals surface area contributed by atoms with Gasteiger partial charge in [-0.05, 0) is 56.0 Å². The maximum absolute atomic E-state index is 12.9. The second kappa shape index (κ2) is 7.88. The molecule has 1 saturated carbocycles. The molecule has 0 amide bonds. The predicted octanol–water partition coefficient (Wildman–Crippen LogP) is 3.94. The minimum atomic E-state index is -0.445. The number of nitrogens with zero attached hydrogens (tertiary/aromatic N) is 1. The summed E-state index contributed by atoms with van der Waals surface area (Å²) in [7, 11) is 2.09. The van der Waals surface area contributed by atoms with Crippen LogP contribution in [0.1, 0.15) is 46.4 Å². The van der Waals surface area contributed by atoms with E-state index in [0.717, 1.165) is 12.8 Å². The van der Waals surface area contributed by atoms with Crippen LogP contribution < -0.4 is 0 Å². The van der Waals surface area contributed by atoms with Gasteiger partial charge in [-0.25, -0.2) is 9.59 Å². The molecule has 0 aromatic heterocycles. The molecule has 3 aliphatic rings.